The molecule has 0 spiro atoms. The van der Waals surface area contributed by atoms with Crippen LogP contribution >= 0.6 is 0 Å². The molecule has 2 aliphatic rings. The topological polar surface area (TPSA) is 64.6 Å². The number of amides is 1. The third-order valence-electron chi connectivity index (χ3n) is 5.57. The quantitative estimate of drug-likeness (QED) is 0.782. The second-order valence-corrected chi connectivity index (χ2v) is 7.43. The summed E-state index contributed by atoms with van der Waals surface area (Å²) in [5, 5.41) is 2.51. The third kappa shape index (κ3) is 4.03. The standard InChI is InChI=1S/C23H25NO4/c25-22(28-16-8-2-1-3-9-16)14-24-23(26)27-15-21-19-12-6-4-10-17(19)18-11-5-7-13-20(18)21/h4-7,10-13,16,21H,1-3,8-9,14-15H2,(H,24,26). The van der Waals surface area contributed by atoms with Crippen LogP contribution in [0.1, 0.15) is 49.1 Å². The van der Waals surface area contributed by atoms with Crippen LogP contribution in [0.5, 0.6) is 0 Å². The molecule has 0 unspecified atom stereocenters. The molecule has 1 saturated carbocycles. The molecule has 146 valence electrons. The van der Waals surface area contributed by atoms with Crippen LogP contribution in [0.3, 0.4) is 0 Å². The van der Waals surface area contributed by atoms with Gasteiger partial charge in [-0.2, -0.15) is 0 Å². The average Bonchev–Trinajstić information content (AvgIpc) is 3.05. The van der Waals surface area contributed by atoms with Crippen LogP contribution in [-0.2, 0) is 14.3 Å². The summed E-state index contributed by atoms with van der Waals surface area (Å²) in [7, 11) is 0. The minimum atomic E-state index is -0.595. The van der Waals surface area contributed by atoms with Gasteiger partial charge in [0.1, 0.15) is 19.3 Å². The molecule has 2 aromatic carbocycles. The molecule has 28 heavy (non-hydrogen) atoms. The van der Waals surface area contributed by atoms with E-state index in [9.17, 15) is 9.59 Å². The number of carbonyl (C=O) groups excluding carboxylic acids is 2. The molecule has 0 heterocycles. The summed E-state index contributed by atoms with van der Waals surface area (Å²) in [4.78, 5) is 24.0. The molecule has 2 aliphatic carbocycles. The Morgan fingerprint density at radius 2 is 1.50 bits per heavy atom. The molecule has 0 saturated heterocycles. The molecule has 0 aliphatic heterocycles. The second kappa shape index (κ2) is 8.46. The number of rotatable bonds is 5. The smallest absolute Gasteiger partial charge is 0.407 e. The number of hydrogen-bond acceptors (Lipinski definition) is 4. The molecular weight excluding hydrogens is 354 g/mol. The minimum absolute atomic E-state index is 0.00680. The second-order valence-electron chi connectivity index (χ2n) is 7.43. The lowest BCUT2D eigenvalue weighted by Crippen LogP contribution is -2.34. The van der Waals surface area contributed by atoms with E-state index in [-0.39, 0.29) is 25.2 Å². The van der Waals surface area contributed by atoms with Crippen molar-refractivity contribution in [3.63, 3.8) is 0 Å². The maximum Gasteiger partial charge on any atom is 0.407 e. The van der Waals surface area contributed by atoms with E-state index in [0.29, 0.717) is 0 Å². The predicted molar refractivity (Wildman–Crippen MR) is 106 cm³/mol. The molecule has 0 aromatic heterocycles. The Bertz CT molecular complexity index is 812. The number of hydrogen-bond donors (Lipinski definition) is 1. The van der Waals surface area contributed by atoms with Gasteiger partial charge in [0.05, 0.1) is 0 Å². The first kappa shape index (κ1) is 18.5. The van der Waals surface area contributed by atoms with Crippen LogP contribution in [0.2, 0.25) is 0 Å². The SMILES string of the molecule is O=C(CNC(=O)OCC1c2ccccc2-c2ccccc21)OC1CCCCC1. The number of esters is 1. The lowest BCUT2D eigenvalue weighted by Gasteiger charge is -2.21. The number of carbonyl (C=O) groups is 2. The lowest BCUT2D eigenvalue weighted by atomic mass is 9.98. The summed E-state index contributed by atoms with van der Waals surface area (Å²) < 4.78 is 10.8. The molecule has 4 rings (SSSR count). The van der Waals surface area contributed by atoms with Crippen molar-refractivity contribution >= 4 is 12.1 Å². The van der Waals surface area contributed by atoms with Crippen LogP contribution in [0.4, 0.5) is 4.79 Å². The highest BCUT2D eigenvalue weighted by molar-refractivity contribution is 5.80. The van der Waals surface area contributed by atoms with Crippen molar-refractivity contribution < 1.29 is 19.1 Å². The first-order valence-electron chi connectivity index (χ1n) is 10.0. The van der Waals surface area contributed by atoms with Gasteiger partial charge in [0.2, 0.25) is 0 Å². The number of alkyl carbamates (subject to hydrolysis) is 1. The summed E-state index contributed by atoms with van der Waals surface area (Å²) in [6.45, 7) is 0.0741. The fourth-order valence-corrected chi connectivity index (χ4v) is 4.20. The highest BCUT2D eigenvalue weighted by atomic mass is 16.6. The van der Waals surface area contributed by atoms with E-state index in [1.165, 1.54) is 17.5 Å². The number of fused-ring (bicyclic) bond motifs is 3. The van der Waals surface area contributed by atoms with E-state index < -0.39 is 12.1 Å². The lowest BCUT2D eigenvalue weighted by molar-refractivity contribution is -0.149. The first-order chi connectivity index (χ1) is 13.7. The third-order valence-corrected chi connectivity index (χ3v) is 5.57. The predicted octanol–water partition coefficient (Wildman–Crippen LogP) is 4.40. The van der Waals surface area contributed by atoms with E-state index in [0.717, 1.165) is 36.8 Å². The van der Waals surface area contributed by atoms with E-state index in [4.69, 9.17) is 9.47 Å². The number of benzene rings is 2. The van der Waals surface area contributed by atoms with Crippen molar-refractivity contribution in [1.29, 1.82) is 0 Å². The van der Waals surface area contributed by atoms with Crippen molar-refractivity contribution in [2.45, 2.75) is 44.1 Å². The van der Waals surface area contributed by atoms with Gasteiger partial charge >= 0.3 is 12.1 Å². The fraction of sp³-hybridized carbons (Fsp3) is 0.391. The zero-order valence-corrected chi connectivity index (χ0v) is 15.9. The van der Waals surface area contributed by atoms with Gasteiger partial charge in [0.25, 0.3) is 0 Å². The molecule has 0 bridgehead atoms. The van der Waals surface area contributed by atoms with Gasteiger partial charge < -0.3 is 14.8 Å². The van der Waals surface area contributed by atoms with Gasteiger partial charge in [-0.25, -0.2) is 4.79 Å². The van der Waals surface area contributed by atoms with Crippen LogP contribution in [0.15, 0.2) is 48.5 Å². The van der Waals surface area contributed by atoms with E-state index in [2.05, 4.69) is 29.6 Å². The van der Waals surface area contributed by atoms with Gasteiger partial charge in [-0.05, 0) is 47.9 Å². The Balaban J connectivity index is 1.29. The van der Waals surface area contributed by atoms with Gasteiger partial charge in [-0.3, -0.25) is 4.79 Å². The molecule has 2 aromatic rings. The van der Waals surface area contributed by atoms with Crippen molar-refractivity contribution in [2.75, 3.05) is 13.2 Å². The molecular formula is C23H25NO4. The highest BCUT2D eigenvalue weighted by Gasteiger charge is 2.29. The van der Waals surface area contributed by atoms with Crippen molar-refractivity contribution in [1.82, 2.24) is 5.32 Å². The number of nitrogens with one attached hydrogen (secondary N) is 1. The van der Waals surface area contributed by atoms with Gasteiger partial charge in [0, 0.05) is 5.92 Å². The van der Waals surface area contributed by atoms with Gasteiger partial charge in [0.15, 0.2) is 0 Å². The van der Waals surface area contributed by atoms with Gasteiger partial charge in [-0.15, -0.1) is 0 Å². The van der Waals surface area contributed by atoms with Crippen LogP contribution in [0.25, 0.3) is 11.1 Å². The fourth-order valence-electron chi connectivity index (χ4n) is 4.20. The van der Waals surface area contributed by atoms with Crippen molar-refractivity contribution in [3.8, 4) is 11.1 Å². The Kier molecular flexibility index (Phi) is 5.60. The molecule has 5 heteroatoms. The first-order valence-corrected chi connectivity index (χ1v) is 10.0. The largest absolute Gasteiger partial charge is 0.461 e. The normalized spacial score (nSPS) is 16.1. The zero-order chi connectivity index (χ0) is 19.3. The molecule has 0 atom stereocenters. The summed E-state index contributed by atoms with van der Waals surface area (Å²) in [6.07, 6.45) is 4.61. The molecule has 1 N–H and O–H groups in total. The summed E-state index contributed by atoms with van der Waals surface area (Å²) in [5.74, 6) is -0.396. The Morgan fingerprint density at radius 1 is 0.893 bits per heavy atom. The maximum absolute atomic E-state index is 12.1. The van der Waals surface area contributed by atoms with Crippen LogP contribution in [-0.4, -0.2) is 31.3 Å². The highest BCUT2D eigenvalue weighted by Crippen LogP contribution is 2.44. The molecule has 1 fully saturated rings. The molecule has 1 amide bonds. The molecule has 0 radical (unpaired) electrons. The van der Waals surface area contributed by atoms with Crippen molar-refractivity contribution in [3.05, 3.63) is 59.7 Å². The number of ether oxygens (including phenoxy) is 2. The Hall–Kier alpha value is -2.82. The van der Waals surface area contributed by atoms with E-state index >= 15 is 0 Å². The van der Waals surface area contributed by atoms with Crippen LogP contribution in [0, 0.1) is 0 Å². The van der Waals surface area contributed by atoms with E-state index in [1.807, 2.05) is 24.3 Å². The Labute approximate surface area is 165 Å². The average molecular weight is 379 g/mol. The summed E-state index contributed by atoms with van der Waals surface area (Å²) >= 11 is 0. The van der Waals surface area contributed by atoms with E-state index in [1.54, 1.807) is 0 Å². The maximum atomic E-state index is 12.1. The van der Waals surface area contributed by atoms with Crippen molar-refractivity contribution in [2.24, 2.45) is 0 Å². The Morgan fingerprint density at radius 3 is 2.14 bits per heavy atom. The molecule has 5 nitrogen and oxygen atoms in total. The zero-order valence-electron chi connectivity index (χ0n) is 15.9. The van der Waals surface area contributed by atoms with Gasteiger partial charge in [-0.1, -0.05) is 55.0 Å². The summed E-state index contributed by atoms with van der Waals surface area (Å²) in [6, 6.07) is 16.4. The minimum Gasteiger partial charge on any atom is -0.461 e. The monoisotopic (exact) mass is 379 g/mol. The summed E-state index contributed by atoms with van der Waals surface area (Å²) in [5.41, 5.74) is 4.69. The van der Waals surface area contributed by atoms with Crippen LogP contribution < -0.4 is 5.32 Å².